The van der Waals surface area contributed by atoms with Crippen LogP contribution in [0.25, 0.3) is 0 Å². The fraction of sp³-hybridized carbons (Fsp3) is 0.250. The minimum absolute atomic E-state index is 0.837. The van der Waals surface area contributed by atoms with Crippen molar-refractivity contribution in [1.82, 2.24) is 0 Å². The maximum absolute atomic E-state index is 5.84. The molecule has 0 spiro atoms. The fourth-order valence-corrected chi connectivity index (χ4v) is 2.25. The van der Waals surface area contributed by atoms with E-state index in [9.17, 15) is 0 Å². The zero-order chi connectivity index (χ0) is 13.1. The number of nitrogen functional groups attached to an aromatic ring is 1. The number of hydrogen-bond acceptors (Lipinski definition) is 2. The Kier molecular flexibility index (Phi) is 3.56. The van der Waals surface area contributed by atoms with Crippen molar-refractivity contribution in [2.45, 2.75) is 20.3 Å². The highest BCUT2D eigenvalue weighted by atomic mass is 16.5. The van der Waals surface area contributed by atoms with E-state index in [0.717, 1.165) is 17.9 Å². The minimum Gasteiger partial charge on any atom is -0.497 e. The molecule has 2 aromatic rings. The summed E-state index contributed by atoms with van der Waals surface area (Å²) in [6, 6.07) is 12.3. The first-order valence-corrected chi connectivity index (χ1v) is 6.08. The molecule has 0 aromatic heterocycles. The number of aryl methyl sites for hydroxylation is 2. The summed E-state index contributed by atoms with van der Waals surface area (Å²) in [5.74, 6) is 0.893. The first-order chi connectivity index (χ1) is 8.60. The lowest BCUT2D eigenvalue weighted by molar-refractivity contribution is 0.414. The Balaban J connectivity index is 2.28. The van der Waals surface area contributed by atoms with Crippen LogP contribution in [-0.4, -0.2) is 7.11 Å². The molecule has 2 N–H and O–H groups in total. The topological polar surface area (TPSA) is 35.2 Å². The van der Waals surface area contributed by atoms with Gasteiger partial charge < -0.3 is 10.5 Å². The molecule has 0 unspecified atom stereocenters. The minimum atomic E-state index is 0.837. The average molecular weight is 241 g/mol. The number of methoxy groups -OCH3 is 1. The van der Waals surface area contributed by atoms with Gasteiger partial charge in [-0.3, -0.25) is 0 Å². The maximum atomic E-state index is 5.84. The Bertz CT molecular complexity index is 521. The van der Waals surface area contributed by atoms with Gasteiger partial charge in [-0.05, 0) is 66.8 Å². The van der Waals surface area contributed by atoms with Gasteiger partial charge in [0, 0.05) is 5.69 Å². The summed E-state index contributed by atoms with van der Waals surface area (Å²) >= 11 is 0. The quantitative estimate of drug-likeness (QED) is 0.835. The largest absolute Gasteiger partial charge is 0.497 e. The van der Waals surface area contributed by atoms with E-state index in [1.54, 1.807) is 7.11 Å². The summed E-state index contributed by atoms with van der Waals surface area (Å²) in [4.78, 5) is 0. The van der Waals surface area contributed by atoms with E-state index in [1.807, 2.05) is 24.3 Å². The normalized spacial score (nSPS) is 10.4. The molecule has 0 atom stereocenters. The van der Waals surface area contributed by atoms with Crippen molar-refractivity contribution < 1.29 is 4.74 Å². The van der Waals surface area contributed by atoms with Crippen molar-refractivity contribution in [2.24, 2.45) is 0 Å². The highest BCUT2D eigenvalue weighted by Crippen LogP contribution is 2.22. The van der Waals surface area contributed by atoms with Crippen molar-refractivity contribution in [2.75, 3.05) is 12.8 Å². The first-order valence-electron chi connectivity index (χ1n) is 6.08. The molecule has 0 aliphatic carbocycles. The van der Waals surface area contributed by atoms with Crippen LogP contribution >= 0.6 is 0 Å². The van der Waals surface area contributed by atoms with Gasteiger partial charge >= 0.3 is 0 Å². The van der Waals surface area contributed by atoms with E-state index in [-0.39, 0.29) is 0 Å². The number of ether oxygens (including phenoxy) is 1. The number of anilines is 1. The second-order valence-electron chi connectivity index (χ2n) is 4.66. The first kappa shape index (κ1) is 12.5. The molecule has 0 radical (unpaired) electrons. The van der Waals surface area contributed by atoms with Crippen LogP contribution in [0, 0.1) is 13.8 Å². The highest BCUT2D eigenvalue weighted by Gasteiger charge is 2.05. The zero-order valence-electron chi connectivity index (χ0n) is 11.2. The van der Waals surface area contributed by atoms with Crippen molar-refractivity contribution >= 4 is 5.69 Å². The van der Waals surface area contributed by atoms with Gasteiger partial charge in [0.1, 0.15) is 5.75 Å². The van der Waals surface area contributed by atoms with Gasteiger partial charge in [-0.15, -0.1) is 0 Å². The van der Waals surface area contributed by atoms with Gasteiger partial charge in [0.15, 0.2) is 0 Å². The molecule has 0 amide bonds. The summed E-state index contributed by atoms with van der Waals surface area (Å²) in [6.07, 6.45) is 0.932. The zero-order valence-corrected chi connectivity index (χ0v) is 11.2. The van der Waals surface area contributed by atoms with Crippen molar-refractivity contribution in [3.63, 3.8) is 0 Å². The lowest BCUT2D eigenvalue weighted by atomic mass is 9.95. The monoisotopic (exact) mass is 241 g/mol. The highest BCUT2D eigenvalue weighted by molar-refractivity contribution is 5.50. The van der Waals surface area contributed by atoms with E-state index in [0.29, 0.717) is 0 Å². The molecule has 2 rings (SSSR count). The lowest BCUT2D eigenvalue weighted by Gasteiger charge is -2.11. The third-order valence-corrected chi connectivity index (χ3v) is 3.26. The Morgan fingerprint density at radius 2 is 1.56 bits per heavy atom. The number of nitrogens with two attached hydrogens (primary N) is 1. The second-order valence-corrected chi connectivity index (χ2v) is 4.66. The SMILES string of the molecule is COc1ccc(Cc2c(C)cc(N)cc2C)cc1. The summed E-state index contributed by atoms with van der Waals surface area (Å²) in [5, 5.41) is 0. The molecule has 2 heteroatoms. The third kappa shape index (κ3) is 2.65. The van der Waals surface area contributed by atoms with E-state index in [4.69, 9.17) is 10.5 Å². The van der Waals surface area contributed by atoms with Crippen LogP contribution in [0.1, 0.15) is 22.3 Å². The smallest absolute Gasteiger partial charge is 0.118 e. The Labute approximate surface area is 108 Å². The molecule has 0 saturated heterocycles. The fourth-order valence-electron chi connectivity index (χ4n) is 2.25. The second kappa shape index (κ2) is 5.13. The Morgan fingerprint density at radius 3 is 2.06 bits per heavy atom. The molecule has 0 heterocycles. The standard InChI is InChI=1S/C16H19NO/c1-11-8-14(17)9-12(2)16(11)10-13-4-6-15(18-3)7-5-13/h4-9H,10,17H2,1-3H3. The van der Waals surface area contributed by atoms with Crippen LogP contribution in [0.5, 0.6) is 5.75 Å². The Morgan fingerprint density at radius 1 is 1.00 bits per heavy atom. The van der Waals surface area contributed by atoms with Crippen LogP contribution in [0.15, 0.2) is 36.4 Å². The van der Waals surface area contributed by atoms with Gasteiger partial charge in [0.25, 0.3) is 0 Å². The van der Waals surface area contributed by atoms with Crippen LogP contribution in [0.4, 0.5) is 5.69 Å². The van der Waals surface area contributed by atoms with Gasteiger partial charge in [-0.25, -0.2) is 0 Å². The molecular weight excluding hydrogens is 222 g/mol. The van der Waals surface area contributed by atoms with Crippen molar-refractivity contribution in [3.05, 3.63) is 58.7 Å². The summed E-state index contributed by atoms with van der Waals surface area (Å²) < 4.78 is 5.17. The molecule has 0 fully saturated rings. The molecule has 0 bridgehead atoms. The molecule has 94 valence electrons. The maximum Gasteiger partial charge on any atom is 0.118 e. The van der Waals surface area contributed by atoms with Crippen LogP contribution < -0.4 is 10.5 Å². The van der Waals surface area contributed by atoms with Crippen LogP contribution in [-0.2, 0) is 6.42 Å². The van der Waals surface area contributed by atoms with Crippen LogP contribution in [0.3, 0.4) is 0 Å². The molecule has 2 aromatic carbocycles. The van der Waals surface area contributed by atoms with E-state index < -0.39 is 0 Å². The molecule has 0 aliphatic rings. The van der Waals surface area contributed by atoms with E-state index in [2.05, 4.69) is 26.0 Å². The summed E-state index contributed by atoms with van der Waals surface area (Å²) in [6.45, 7) is 4.23. The van der Waals surface area contributed by atoms with Crippen molar-refractivity contribution in [3.8, 4) is 5.75 Å². The van der Waals surface area contributed by atoms with Gasteiger partial charge in [0.05, 0.1) is 7.11 Å². The van der Waals surface area contributed by atoms with E-state index >= 15 is 0 Å². The molecule has 18 heavy (non-hydrogen) atoms. The van der Waals surface area contributed by atoms with Gasteiger partial charge in [-0.1, -0.05) is 12.1 Å². The predicted molar refractivity (Wildman–Crippen MR) is 76.1 cm³/mol. The van der Waals surface area contributed by atoms with Crippen molar-refractivity contribution in [1.29, 1.82) is 0 Å². The average Bonchev–Trinajstić information content (AvgIpc) is 2.34. The van der Waals surface area contributed by atoms with Gasteiger partial charge in [0.2, 0.25) is 0 Å². The lowest BCUT2D eigenvalue weighted by Crippen LogP contribution is -1.98. The molecular formula is C16H19NO. The molecule has 2 nitrogen and oxygen atoms in total. The number of benzene rings is 2. The van der Waals surface area contributed by atoms with Gasteiger partial charge in [-0.2, -0.15) is 0 Å². The summed E-state index contributed by atoms with van der Waals surface area (Å²) in [5.41, 5.74) is 11.8. The summed E-state index contributed by atoms with van der Waals surface area (Å²) in [7, 11) is 1.68. The number of rotatable bonds is 3. The predicted octanol–water partition coefficient (Wildman–Crippen LogP) is 3.49. The van der Waals surface area contributed by atoms with E-state index in [1.165, 1.54) is 22.3 Å². The molecule has 0 saturated carbocycles. The molecule has 0 aliphatic heterocycles. The Hall–Kier alpha value is -1.96. The third-order valence-electron chi connectivity index (χ3n) is 3.26. The van der Waals surface area contributed by atoms with Crippen LogP contribution in [0.2, 0.25) is 0 Å². The number of hydrogen-bond donors (Lipinski definition) is 1.